The van der Waals surface area contributed by atoms with Crippen molar-refractivity contribution >= 4 is 11.4 Å². The summed E-state index contributed by atoms with van der Waals surface area (Å²) in [6.45, 7) is 0.346. The minimum Gasteiger partial charge on any atom is -0.487 e. The molecule has 1 aromatic heterocycles. The number of hydrogen-bond donors (Lipinski definition) is 1. The van der Waals surface area contributed by atoms with E-state index in [9.17, 15) is 0 Å². The zero-order valence-electron chi connectivity index (χ0n) is 11.5. The number of nitrogen functional groups attached to an aromatic ring is 1. The zero-order valence-corrected chi connectivity index (χ0v) is 11.5. The summed E-state index contributed by atoms with van der Waals surface area (Å²) in [5, 5.41) is 8.81. The first-order chi connectivity index (χ1) is 9.60. The van der Waals surface area contributed by atoms with Crippen LogP contribution in [-0.2, 0) is 6.61 Å². The molecule has 0 amide bonds. The van der Waals surface area contributed by atoms with Crippen molar-refractivity contribution < 1.29 is 4.74 Å². The van der Waals surface area contributed by atoms with Crippen LogP contribution in [0.2, 0.25) is 0 Å². The molecule has 0 radical (unpaired) electrons. The normalized spacial score (nSPS) is 9.85. The third-order valence-corrected chi connectivity index (χ3v) is 2.85. The summed E-state index contributed by atoms with van der Waals surface area (Å²) < 4.78 is 5.72. The van der Waals surface area contributed by atoms with Crippen molar-refractivity contribution in [3.63, 3.8) is 0 Å². The first kappa shape index (κ1) is 13.7. The van der Waals surface area contributed by atoms with E-state index in [4.69, 9.17) is 15.7 Å². The van der Waals surface area contributed by atoms with Gasteiger partial charge in [-0.05, 0) is 29.8 Å². The molecule has 0 aliphatic rings. The number of aromatic nitrogens is 1. The topological polar surface area (TPSA) is 75.2 Å². The van der Waals surface area contributed by atoms with Crippen LogP contribution >= 0.6 is 0 Å². The van der Waals surface area contributed by atoms with Gasteiger partial charge in [-0.3, -0.25) is 0 Å². The van der Waals surface area contributed by atoms with E-state index < -0.39 is 0 Å². The molecule has 20 heavy (non-hydrogen) atoms. The highest BCUT2D eigenvalue weighted by molar-refractivity contribution is 5.61. The van der Waals surface area contributed by atoms with Crippen molar-refractivity contribution in [3.8, 4) is 11.8 Å². The summed E-state index contributed by atoms with van der Waals surface area (Å²) in [4.78, 5) is 5.90. The van der Waals surface area contributed by atoms with Crippen LogP contribution in [0.15, 0.2) is 36.5 Å². The molecule has 2 N–H and O–H groups in total. The lowest BCUT2D eigenvalue weighted by molar-refractivity contribution is 0.308. The summed E-state index contributed by atoms with van der Waals surface area (Å²) in [6.07, 6.45) is 1.59. The Morgan fingerprint density at radius 3 is 2.80 bits per heavy atom. The van der Waals surface area contributed by atoms with Gasteiger partial charge in [0.2, 0.25) is 0 Å². The van der Waals surface area contributed by atoms with Gasteiger partial charge in [-0.2, -0.15) is 5.26 Å². The van der Waals surface area contributed by atoms with Gasteiger partial charge in [0.05, 0.1) is 5.69 Å². The molecule has 0 fully saturated rings. The van der Waals surface area contributed by atoms with Crippen LogP contribution in [0.4, 0.5) is 11.4 Å². The number of anilines is 2. The highest BCUT2D eigenvalue weighted by Gasteiger charge is 2.05. The second kappa shape index (κ2) is 5.93. The number of nitriles is 1. The third-order valence-electron chi connectivity index (χ3n) is 2.85. The van der Waals surface area contributed by atoms with Crippen LogP contribution in [0.25, 0.3) is 0 Å². The van der Waals surface area contributed by atoms with E-state index in [1.807, 2.05) is 49.3 Å². The quantitative estimate of drug-likeness (QED) is 0.860. The van der Waals surface area contributed by atoms with Crippen LogP contribution in [-0.4, -0.2) is 19.1 Å². The number of rotatable bonds is 4. The van der Waals surface area contributed by atoms with Crippen LogP contribution in [0.1, 0.15) is 11.3 Å². The van der Waals surface area contributed by atoms with Gasteiger partial charge in [-0.25, -0.2) is 4.98 Å². The molecule has 0 aliphatic carbocycles. The maximum Gasteiger partial charge on any atom is 0.144 e. The van der Waals surface area contributed by atoms with Crippen molar-refractivity contribution in [3.05, 3.63) is 47.8 Å². The van der Waals surface area contributed by atoms with Crippen molar-refractivity contribution in [1.82, 2.24) is 4.98 Å². The average molecular weight is 268 g/mol. The molecule has 0 saturated heterocycles. The Balaban J connectivity index is 2.14. The SMILES string of the molecule is CN(C)c1ccc(N)c(OCc2ccnc(C#N)c2)c1. The number of nitrogens with zero attached hydrogens (tertiary/aromatic N) is 3. The molecule has 1 aromatic carbocycles. The van der Waals surface area contributed by atoms with Crippen LogP contribution in [0.5, 0.6) is 5.75 Å². The minimum atomic E-state index is 0.346. The van der Waals surface area contributed by atoms with E-state index in [1.54, 1.807) is 12.3 Å². The Hall–Kier alpha value is -2.74. The Bertz CT molecular complexity index is 647. The molecular weight excluding hydrogens is 252 g/mol. The van der Waals surface area contributed by atoms with Gasteiger partial charge >= 0.3 is 0 Å². The molecule has 0 unspecified atom stereocenters. The lowest BCUT2D eigenvalue weighted by Crippen LogP contribution is -2.09. The average Bonchev–Trinajstić information content (AvgIpc) is 2.46. The summed E-state index contributed by atoms with van der Waals surface area (Å²) in [5.41, 5.74) is 8.76. The van der Waals surface area contributed by atoms with Crippen molar-refractivity contribution in [1.29, 1.82) is 5.26 Å². The van der Waals surface area contributed by atoms with Gasteiger partial charge in [0.1, 0.15) is 24.1 Å². The molecule has 2 aromatic rings. The van der Waals surface area contributed by atoms with Crippen LogP contribution in [0, 0.1) is 11.3 Å². The molecule has 0 aliphatic heterocycles. The van der Waals surface area contributed by atoms with E-state index in [0.29, 0.717) is 23.7 Å². The molecule has 1 heterocycles. The van der Waals surface area contributed by atoms with Crippen molar-refractivity contribution in [2.24, 2.45) is 0 Å². The summed E-state index contributed by atoms with van der Waals surface area (Å²) in [5.74, 6) is 0.631. The molecule has 2 rings (SSSR count). The molecule has 0 saturated carbocycles. The predicted octanol–water partition coefficient (Wildman–Crippen LogP) is 2.18. The number of benzene rings is 1. The lowest BCUT2D eigenvalue weighted by Gasteiger charge is -2.15. The summed E-state index contributed by atoms with van der Waals surface area (Å²) >= 11 is 0. The minimum absolute atomic E-state index is 0.346. The first-order valence-corrected chi connectivity index (χ1v) is 6.15. The molecule has 0 atom stereocenters. The second-order valence-corrected chi connectivity index (χ2v) is 4.57. The molecule has 5 nitrogen and oxygen atoms in total. The van der Waals surface area contributed by atoms with E-state index in [1.165, 1.54) is 0 Å². The van der Waals surface area contributed by atoms with Gasteiger partial charge in [0.15, 0.2) is 0 Å². The van der Waals surface area contributed by atoms with E-state index in [0.717, 1.165) is 11.3 Å². The van der Waals surface area contributed by atoms with Gasteiger partial charge < -0.3 is 15.4 Å². The highest BCUT2D eigenvalue weighted by atomic mass is 16.5. The number of hydrogen-bond acceptors (Lipinski definition) is 5. The van der Waals surface area contributed by atoms with Gasteiger partial charge in [0.25, 0.3) is 0 Å². The maximum absolute atomic E-state index is 8.81. The van der Waals surface area contributed by atoms with E-state index >= 15 is 0 Å². The van der Waals surface area contributed by atoms with Crippen LogP contribution < -0.4 is 15.4 Å². The summed E-state index contributed by atoms with van der Waals surface area (Å²) in [6, 6.07) is 11.2. The maximum atomic E-state index is 8.81. The fraction of sp³-hybridized carbons (Fsp3) is 0.200. The standard InChI is InChI=1S/C15H16N4O/c1-19(2)13-3-4-14(17)15(8-13)20-10-11-5-6-18-12(7-11)9-16/h3-8H,10,17H2,1-2H3. The Morgan fingerprint density at radius 1 is 1.30 bits per heavy atom. The third kappa shape index (κ3) is 3.18. The van der Waals surface area contributed by atoms with Crippen molar-refractivity contribution in [2.75, 3.05) is 24.7 Å². The Morgan fingerprint density at radius 2 is 2.10 bits per heavy atom. The van der Waals surface area contributed by atoms with Crippen LogP contribution in [0.3, 0.4) is 0 Å². The Kier molecular flexibility index (Phi) is 4.06. The predicted molar refractivity (Wildman–Crippen MR) is 78.5 cm³/mol. The lowest BCUT2D eigenvalue weighted by atomic mass is 10.2. The fourth-order valence-electron chi connectivity index (χ4n) is 1.71. The molecule has 102 valence electrons. The highest BCUT2D eigenvalue weighted by Crippen LogP contribution is 2.27. The van der Waals surface area contributed by atoms with E-state index in [-0.39, 0.29) is 0 Å². The zero-order chi connectivity index (χ0) is 14.5. The largest absolute Gasteiger partial charge is 0.487 e. The van der Waals surface area contributed by atoms with Crippen molar-refractivity contribution in [2.45, 2.75) is 6.61 Å². The number of nitrogens with two attached hydrogens (primary N) is 1. The second-order valence-electron chi connectivity index (χ2n) is 4.57. The van der Waals surface area contributed by atoms with Gasteiger partial charge in [-0.1, -0.05) is 0 Å². The number of pyridine rings is 1. The molecular formula is C15H16N4O. The number of ether oxygens (including phenoxy) is 1. The Labute approximate surface area is 118 Å². The smallest absolute Gasteiger partial charge is 0.144 e. The molecule has 0 bridgehead atoms. The molecule has 0 spiro atoms. The van der Waals surface area contributed by atoms with Gasteiger partial charge in [-0.15, -0.1) is 0 Å². The van der Waals surface area contributed by atoms with E-state index in [2.05, 4.69) is 4.98 Å². The van der Waals surface area contributed by atoms with Gasteiger partial charge in [0, 0.05) is 32.0 Å². The molecule has 5 heteroatoms. The summed E-state index contributed by atoms with van der Waals surface area (Å²) in [7, 11) is 3.91. The monoisotopic (exact) mass is 268 g/mol. The fourth-order valence-corrected chi connectivity index (χ4v) is 1.71. The first-order valence-electron chi connectivity index (χ1n) is 6.15.